The number of fused-ring (bicyclic) bond motifs is 1. The first-order chi connectivity index (χ1) is 17.5. The Morgan fingerprint density at radius 2 is 1.83 bits per heavy atom. The molecule has 188 valence electrons. The normalized spacial score (nSPS) is 12.7. The number of hydrogen-bond acceptors (Lipinski definition) is 9. The average molecular weight is 510 g/mol. The Morgan fingerprint density at radius 3 is 2.64 bits per heavy atom. The molecule has 11 nitrogen and oxygen atoms in total. The number of imidazole rings is 1. The number of nitrogen functional groups attached to an aromatic ring is 1. The fourth-order valence-corrected chi connectivity index (χ4v) is 4.29. The van der Waals surface area contributed by atoms with Crippen molar-refractivity contribution < 1.29 is 23.4 Å². The molecule has 0 saturated heterocycles. The van der Waals surface area contributed by atoms with Crippen molar-refractivity contribution >= 4 is 30.9 Å². The van der Waals surface area contributed by atoms with Crippen LogP contribution < -0.4 is 20.3 Å². The van der Waals surface area contributed by atoms with Crippen LogP contribution >= 0.6 is 8.03 Å². The fourth-order valence-electron chi connectivity index (χ4n) is 3.40. The molecule has 0 aliphatic rings. The first kappa shape index (κ1) is 25.2. The van der Waals surface area contributed by atoms with Crippen LogP contribution in [0.15, 0.2) is 67.3 Å². The van der Waals surface area contributed by atoms with Gasteiger partial charge in [0.25, 0.3) is 13.9 Å². The minimum atomic E-state index is -2.56. The van der Waals surface area contributed by atoms with Gasteiger partial charge in [-0.3, -0.25) is 9.36 Å². The lowest BCUT2D eigenvalue weighted by Crippen LogP contribution is -2.28. The van der Waals surface area contributed by atoms with Crippen molar-refractivity contribution in [2.45, 2.75) is 19.6 Å². The zero-order valence-corrected chi connectivity index (χ0v) is 20.7. The van der Waals surface area contributed by atoms with E-state index in [2.05, 4.69) is 20.3 Å². The molecule has 2 unspecified atom stereocenters. The zero-order chi connectivity index (χ0) is 25.3. The predicted molar refractivity (Wildman–Crippen MR) is 135 cm³/mol. The summed E-state index contributed by atoms with van der Waals surface area (Å²) in [6.45, 7) is 2.82. The van der Waals surface area contributed by atoms with Crippen LogP contribution in [0.4, 0.5) is 5.82 Å². The highest BCUT2D eigenvalue weighted by Crippen LogP contribution is 2.34. The van der Waals surface area contributed by atoms with E-state index in [0.29, 0.717) is 47.1 Å². The quantitative estimate of drug-likeness (QED) is 0.217. The van der Waals surface area contributed by atoms with Crippen LogP contribution in [0.2, 0.25) is 0 Å². The Morgan fingerprint density at radius 1 is 1.08 bits per heavy atom. The highest BCUT2D eigenvalue weighted by Gasteiger charge is 2.14. The van der Waals surface area contributed by atoms with Gasteiger partial charge in [0.15, 0.2) is 23.0 Å². The maximum absolute atomic E-state index is 12.6. The fraction of sp³-hybridized carbons (Fsp3) is 0.250. The van der Waals surface area contributed by atoms with E-state index in [4.69, 9.17) is 19.7 Å². The molecule has 0 aliphatic carbocycles. The number of ether oxygens (including phenoxy) is 2. The number of amides is 1. The number of nitrogens with zero attached hydrogens (tertiary/aromatic N) is 4. The number of hydrogen-bond donors (Lipinski definition) is 2. The van der Waals surface area contributed by atoms with E-state index < -0.39 is 8.03 Å². The Kier molecular flexibility index (Phi) is 8.48. The van der Waals surface area contributed by atoms with Gasteiger partial charge in [-0.05, 0) is 31.2 Å². The Balaban J connectivity index is 1.23. The van der Waals surface area contributed by atoms with Gasteiger partial charge in [0, 0.05) is 5.56 Å². The van der Waals surface area contributed by atoms with Crippen LogP contribution in [0.1, 0.15) is 17.3 Å². The van der Waals surface area contributed by atoms with Gasteiger partial charge in [0.2, 0.25) is 0 Å². The summed E-state index contributed by atoms with van der Waals surface area (Å²) in [5.74, 6) is 0.907. The van der Waals surface area contributed by atoms with Crippen LogP contribution in [0.25, 0.3) is 11.2 Å². The highest BCUT2D eigenvalue weighted by atomic mass is 31.1. The Bertz CT molecular complexity index is 1330. The number of carbonyl (C=O) groups is 1. The van der Waals surface area contributed by atoms with Gasteiger partial charge in [-0.2, -0.15) is 0 Å². The highest BCUT2D eigenvalue weighted by molar-refractivity contribution is 7.39. The molecule has 1 amide bonds. The van der Waals surface area contributed by atoms with Crippen molar-refractivity contribution in [1.82, 2.24) is 24.8 Å². The van der Waals surface area contributed by atoms with E-state index in [-0.39, 0.29) is 25.0 Å². The topological polar surface area (TPSA) is 143 Å². The van der Waals surface area contributed by atoms with E-state index in [1.165, 1.54) is 6.33 Å². The lowest BCUT2D eigenvalue weighted by molar-refractivity contribution is 0.0851. The third kappa shape index (κ3) is 6.59. The molecule has 2 atom stereocenters. The van der Waals surface area contributed by atoms with Gasteiger partial charge in [0.1, 0.15) is 24.8 Å². The number of carbonyl (C=O) groups excluding carboxylic acids is 1. The predicted octanol–water partition coefficient (Wildman–Crippen LogP) is 3.13. The van der Waals surface area contributed by atoms with Crippen LogP contribution in [0.3, 0.4) is 0 Å². The van der Waals surface area contributed by atoms with E-state index in [9.17, 15) is 9.36 Å². The number of anilines is 1. The van der Waals surface area contributed by atoms with Gasteiger partial charge in [-0.1, -0.05) is 30.3 Å². The van der Waals surface area contributed by atoms with Crippen LogP contribution in [0.5, 0.6) is 11.5 Å². The van der Waals surface area contributed by atoms with Crippen LogP contribution in [0, 0.1) is 0 Å². The summed E-state index contributed by atoms with van der Waals surface area (Å²) < 4.78 is 31.5. The van der Waals surface area contributed by atoms with Crippen molar-refractivity contribution in [2.75, 3.05) is 25.2 Å². The first-order valence-electron chi connectivity index (χ1n) is 11.3. The number of benzene rings is 2. The van der Waals surface area contributed by atoms with E-state index in [1.54, 1.807) is 59.4 Å². The lowest BCUT2D eigenvalue weighted by Gasteiger charge is -2.16. The van der Waals surface area contributed by atoms with Gasteiger partial charge < -0.3 is 29.6 Å². The molecule has 36 heavy (non-hydrogen) atoms. The van der Waals surface area contributed by atoms with Gasteiger partial charge in [0.05, 0.1) is 25.5 Å². The maximum atomic E-state index is 12.6. The van der Waals surface area contributed by atoms with Gasteiger partial charge in [-0.25, -0.2) is 15.0 Å². The number of aromatic nitrogens is 4. The molecular formula is C24H27N6O5P. The lowest BCUT2D eigenvalue weighted by atomic mass is 10.2. The average Bonchev–Trinajstić information content (AvgIpc) is 3.30. The Labute approximate surface area is 208 Å². The largest absolute Gasteiger partial charge is 0.488 e. The molecule has 3 N–H and O–H groups in total. The second kappa shape index (κ2) is 12.1. The van der Waals surface area contributed by atoms with Crippen LogP contribution in [-0.2, 0) is 15.8 Å². The summed E-state index contributed by atoms with van der Waals surface area (Å²) >= 11 is 0. The summed E-state index contributed by atoms with van der Waals surface area (Å²) in [6.07, 6.45) is 2.64. The summed E-state index contributed by atoms with van der Waals surface area (Å²) in [7, 11) is -2.56. The molecule has 0 fully saturated rings. The van der Waals surface area contributed by atoms with E-state index in [1.807, 2.05) is 13.0 Å². The maximum Gasteiger partial charge on any atom is 0.261 e. The molecule has 0 aliphatic heterocycles. The molecule has 2 heterocycles. The van der Waals surface area contributed by atoms with Crippen molar-refractivity contribution in [1.29, 1.82) is 0 Å². The van der Waals surface area contributed by atoms with Crippen molar-refractivity contribution in [3.8, 4) is 11.5 Å². The molecule has 0 bridgehead atoms. The second-order valence-corrected chi connectivity index (χ2v) is 9.08. The smallest absolute Gasteiger partial charge is 0.261 e. The molecule has 4 rings (SSSR count). The van der Waals surface area contributed by atoms with Crippen LogP contribution in [-0.4, -0.2) is 51.0 Å². The van der Waals surface area contributed by atoms with Gasteiger partial charge in [-0.15, -0.1) is 0 Å². The second-order valence-electron chi connectivity index (χ2n) is 7.84. The third-order valence-corrected chi connectivity index (χ3v) is 5.97. The summed E-state index contributed by atoms with van der Waals surface area (Å²) in [5.41, 5.74) is 7.53. The number of nitrogens with two attached hydrogens (primary N) is 1. The molecule has 4 aromatic rings. The first-order valence-corrected chi connectivity index (χ1v) is 12.8. The number of nitrogens with one attached hydrogen (secondary N) is 1. The SMILES string of the molecule is CC(Cn1cnc2c(N)ncnc21)OC[PH](=O)Oc1ccccc1OCCNC(=O)c1ccccc1. The summed E-state index contributed by atoms with van der Waals surface area (Å²) in [4.78, 5) is 24.5. The summed E-state index contributed by atoms with van der Waals surface area (Å²) in [5, 5.41) is 2.79. The Hall–Kier alpha value is -3.95. The third-order valence-electron chi connectivity index (χ3n) is 5.12. The minimum Gasteiger partial charge on any atom is -0.488 e. The van der Waals surface area contributed by atoms with Crippen molar-refractivity contribution in [2.24, 2.45) is 0 Å². The standard InChI is InChI=1S/C24H27N6O5P/c1-17(13-30-15-29-21-22(25)27-14-28-23(21)30)34-16-36(32)35-20-10-6-5-9-19(20)33-12-11-26-24(31)18-7-3-2-4-8-18/h2-10,14-15,17,36H,11-13,16H2,1H3,(H,26,31)(H2,25,27,28). The molecule has 2 aromatic heterocycles. The van der Waals surface area contributed by atoms with E-state index in [0.717, 1.165) is 0 Å². The molecule has 0 spiro atoms. The van der Waals surface area contributed by atoms with Gasteiger partial charge >= 0.3 is 0 Å². The van der Waals surface area contributed by atoms with Crippen molar-refractivity contribution in [3.63, 3.8) is 0 Å². The molecule has 2 aromatic carbocycles. The minimum absolute atomic E-state index is 0.0724. The number of para-hydroxylation sites is 2. The molecule has 0 radical (unpaired) electrons. The molecule has 12 heteroatoms. The van der Waals surface area contributed by atoms with Crippen molar-refractivity contribution in [3.05, 3.63) is 72.8 Å². The summed E-state index contributed by atoms with van der Waals surface area (Å²) in [6, 6.07) is 15.9. The van der Waals surface area contributed by atoms with E-state index >= 15 is 0 Å². The molecule has 0 saturated carbocycles. The monoisotopic (exact) mass is 510 g/mol. The molecular weight excluding hydrogens is 483 g/mol. The number of rotatable bonds is 12. The zero-order valence-electron chi connectivity index (χ0n) is 19.7.